The van der Waals surface area contributed by atoms with Gasteiger partial charge in [0.05, 0.1) is 12.8 Å². The molecule has 3 nitrogen and oxygen atoms in total. The quantitative estimate of drug-likeness (QED) is 0.843. The minimum atomic E-state index is 0.168. The highest BCUT2D eigenvalue weighted by Gasteiger charge is 2.35. The number of ether oxygens (including phenoxy) is 1. The fourth-order valence-electron chi connectivity index (χ4n) is 2.99. The third-order valence-electron chi connectivity index (χ3n) is 4.66. The molecule has 0 aromatic heterocycles. The Morgan fingerprint density at radius 1 is 1.15 bits per heavy atom. The average Bonchev–Trinajstić information content (AvgIpc) is 2.29. The van der Waals surface area contributed by atoms with Gasteiger partial charge in [-0.25, -0.2) is 0 Å². The SMILES string of the molecule is COc1cc(C(C)(C)C)ccc1N1CC(N2CCC2)C1. The van der Waals surface area contributed by atoms with E-state index in [0.717, 1.165) is 24.9 Å². The van der Waals surface area contributed by atoms with Crippen molar-refractivity contribution in [1.29, 1.82) is 0 Å². The van der Waals surface area contributed by atoms with Crippen LogP contribution in [-0.2, 0) is 5.41 Å². The summed E-state index contributed by atoms with van der Waals surface area (Å²) < 4.78 is 5.62. The van der Waals surface area contributed by atoms with E-state index in [1.165, 1.54) is 30.8 Å². The highest BCUT2D eigenvalue weighted by molar-refractivity contribution is 5.62. The second-order valence-corrected chi connectivity index (χ2v) is 7.08. The Morgan fingerprint density at radius 3 is 2.35 bits per heavy atom. The van der Waals surface area contributed by atoms with E-state index < -0.39 is 0 Å². The maximum absolute atomic E-state index is 5.62. The topological polar surface area (TPSA) is 15.7 Å². The Kier molecular flexibility index (Phi) is 3.41. The van der Waals surface area contributed by atoms with Gasteiger partial charge in [0.25, 0.3) is 0 Å². The largest absolute Gasteiger partial charge is 0.495 e. The van der Waals surface area contributed by atoms with Crippen LogP contribution in [0, 0.1) is 0 Å². The fraction of sp³-hybridized carbons (Fsp3) is 0.647. The molecule has 0 bridgehead atoms. The number of nitrogens with zero attached hydrogens (tertiary/aromatic N) is 2. The van der Waals surface area contributed by atoms with Gasteiger partial charge in [0.15, 0.2) is 0 Å². The Labute approximate surface area is 122 Å². The van der Waals surface area contributed by atoms with E-state index in [-0.39, 0.29) is 5.41 Å². The van der Waals surface area contributed by atoms with Gasteiger partial charge in [0, 0.05) is 19.1 Å². The zero-order valence-corrected chi connectivity index (χ0v) is 13.1. The van der Waals surface area contributed by atoms with Gasteiger partial charge in [0.2, 0.25) is 0 Å². The van der Waals surface area contributed by atoms with Crippen LogP contribution in [0.4, 0.5) is 5.69 Å². The number of methoxy groups -OCH3 is 1. The van der Waals surface area contributed by atoms with Gasteiger partial charge >= 0.3 is 0 Å². The van der Waals surface area contributed by atoms with Crippen molar-refractivity contribution < 1.29 is 4.74 Å². The first kappa shape index (κ1) is 13.7. The monoisotopic (exact) mass is 274 g/mol. The third kappa shape index (κ3) is 2.39. The molecule has 3 rings (SSSR count). The number of hydrogen-bond donors (Lipinski definition) is 0. The van der Waals surface area contributed by atoms with Crippen molar-refractivity contribution in [3.63, 3.8) is 0 Å². The van der Waals surface area contributed by atoms with Gasteiger partial charge in [-0.15, -0.1) is 0 Å². The van der Waals surface area contributed by atoms with Crippen molar-refractivity contribution in [3.8, 4) is 5.75 Å². The van der Waals surface area contributed by atoms with E-state index in [2.05, 4.69) is 48.8 Å². The van der Waals surface area contributed by atoms with Crippen molar-refractivity contribution >= 4 is 5.69 Å². The van der Waals surface area contributed by atoms with E-state index in [1.54, 1.807) is 7.11 Å². The lowest BCUT2D eigenvalue weighted by atomic mass is 9.86. The highest BCUT2D eigenvalue weighted by atomic mass is 16.5. The molecular formula is C17H26N2O. The first-order chi connectivity index (χ1) is 9.49. The van der Waals surface area contributed by atoms with Crippen LogP contribution in [0.2, 0.25) is 0 Å². The molecule has 110 valence electrons. The van der Waals surface area contributed by atoms with Crippen molar-refractivity contribution in [2.75, 3.05) is 38.2 Å². The Bertz CT molecular complexity index is 482. The van der Waals surface area contributed by atoms with Crippen molar-refractivity contribution in [1.82, 2.24) is 4.90 Å². The highest BCUT2D eigenvalue weighted by Crippen LogP contribution is 2.36. The minimum absolute atomic E-state index is 0.168. The predicted molar refractivity (Wildman–Crippen MR) is 83.9 cm³/mol. The summed E-state index contributed by atoms with van der Waals surface area (Å²) in [5, 5.41) is 0. The maximum atomic E-state index is 5.62. The first-order valence-corrected chi connectivity index (χ1v) is 7.66. The van der Waals surface area contributed by atoms with Gasteiger partial charge in [-0.3, -0.25) is 4.90 Å². The summed E-state index contributed by atoms with van der Waals surface area (Å²) in [6.45, 7) is 11.6. The third-order valence-corrected chi connectivity index (χ3v) is 4.66. The molecule has 0 saturated carbocycles. The molecule has 1 aromatic rings. The fourth-order valence-corrected chi connectivity index (χ4v) is 2.99. The summed E-state index contributed by atoms with van der Waals surface area (Å²) in [7, 11) is 1.78. The van der Waals surface area contributed by atoms with Crippen LogP contribution in [0.1, 0.15) is 32.8 Å². The van der Waals surface area contributed by atoms with Crippen LogP contribution in [-0.4, -0.2) is 44.2 Å². The van der Waals surface area contributed by atoms with Gasteiger partial charge in [-0.1, -0.05) is 26.8 Å². The number of rotatable bonds is 3. The van der Waals surface area contributed by atoms with E-state index >= 15 is 0 Å². The molecule has 2 saturated heterocycles. The van der Waals surface area contributed by atoms with Gasteiger partial charge in [0.1, 0.15) is 5.75 Å². The lowest BCUT2D eigenvalue weighted by molar-refractivity contribution is 0.0975. The molecule has 2 fully saturated rings. The number of anilines is 1. The molecule has 2 heterocycles. The summed E-state index contributed by atoms with van der Waals surface area (Å²) in [4.78, 5) is 5.03. The molecule has 0 N–H and O–H groups in total. The molecule has 0 unspecified atom stereocenters. The van der Waals surface area contributed by atoms with Crippen LogP contribution < -0.4 is 9.64 Å². The van der Waals surface area contributed by atoms with Crippen LogP contribution in [0.5, 0.6) is 5.75 Å². The zero-order chi connectivity index (χ0) is 14.3. The number of benzene rings is 1. The molecule has 3 heteroatoms. The molecule has 1 aromatic carbocycles. The standard InChI is InChI=1S/C17H26N2O/c1-17(2,3)13-6-7-15(16(10-13)20-4)19-11-14(12-19)18-8-5-9-18/h6-7,10,14H,5,8-9,11-12H2,1-4H3. The van der Waals surface area contributed by atoms with Crippen LogP contribution in [0.25, 0.3) is 0 Å². The van der Waals surface area contributed by atoms with E-state index in [1.807, 2.05) is 0 Å². The molecule has 2 aliphatic rings. The van der Waals surface area contributed by atoms with Gasteiger partial charge in [-0.2, -0.15) is 0 Å². The lowest BCUT2D eigenvalue weighted by Gasteiger charge is -2.50. The predicted octanol–water partition coefficient (Wildman–Crippen LogP) is 2.89. The Balaban J connectivity index is 1.73. The zero-order valence-electron chi connectivity index (χ0n) is 13.1. The molecule has 20 heavy (non-hydrogen) atoms. The van der Waals surface area contributed by atoms with Crippen molar-refractivity contribution in [3.05, 3.63) is 23.8 Å². The first-order valence-electron chi connectivity index (χ1n) is 7.66. The maximum Gasteiger partial charge on any atom is 0.142 e. The summed E-state index contributed by atoms with van der Waals surface area (Å²) in [5.41, 5.74) is 2.75. The van der Waals surface area contributed by atoms with Crippen molar-refractivity contribution in [2.24, 2.45) is 0 Å². The van der Waals surface area contributed by atoms with Crippen LogP contribution in [0.15, 0.2) is 18.2 Å². The lowest BCUT2D eigenvalue weighted by Crippen LogP contribution is -2.62. The molecule has 0 aliphatic carbocycles. The molecule has 0 atom stereocenters. The summed E-state index contributed by atoms with van der Waals surface area (Å²) in [6, 6.07) is 7.43. The van der Waals surface area contributed by atoms with Crippen molar-refractivity contribution in [2.45, 2.75) is 38.6 Å². The molecule has 2 aliphatic heterocycles. The van der Waals surface area contributed by atoms with E-state index in [0.29, 0.717) is 0 Å². The Morgan fingerprint density at radius 2 is 1.85 bits per heavy atom. The summed E-state index contributed by atoms with van der Waals surface area (Å²) in [6.07, 6.45) is 1.38. The van der Waals surface area contributed by atoms with Crippen LogP contribution >= 0.6 is 0 Å². The molecule has 0 amide bonds. The van der Waals surface area contributed by atoms with E-state index in [9.17, 15) is 0 Å². The second kappa shape index (κ2) is 4.96. The van der Waals surface area contributed by atoms with E-state index in [4.69, 9.17) is 4.74 Å². The molecular weight excluding hydrogens is 248 g/mol. The smallest absolute Gasteiger partial charge is 0.142 e. The van der Waals surface area contributed by atoms with Gasteiger partial charge < -0.3 is 9.64 Å². The summed E-state index contributed by atoms with van der Waals surface area (Å²) in [5.74, 6) is 1.01. The number of likely N-dealkylation sites (tertiary alicyclic amines) is 1. The molecule has 0 radical (unpaired) electrons. The second-order valence-electron chi connectivity index (χ2n) is 7.08. The normalized spacial score (nSPS) is 20.5. The Hall–Kier alpha value is -1.22. The molecule has 0 spiro atoms. The average molecular weight is 274 g/mol. The minimum Gasteiger partial charge on any atom is -0.495 e. The van der Waals surface area contributed by atoms with Gasteiger partial charge in [-0.05, 0) is 42.6 Å². The number of hydrogen-bond acceptors (Lipinski definition) is 3. The summed E-state index contributed by atoms with van der Waals surface area (Å²) >= 11 is 0. The van der Waals surface area contributed by atoms with Crippen LogP contribution in [0.3, 0.4) is 0 Å².